The monoisotopic (exact) mass is 443 g/mol. The molecule has 0 N–H and O–H groups in total. The molecule has 0 saturated carbocycles. The Balaban J connectivity index is 1.08. The lowest BCUT2D eigenvalue weighted by molar-refractivity contribution is 0.155. The quantitative estimate of drug-likeness (QED) is 0.457. The highest BCUT2D eigenvalue weighted by Crippen LogP contribution is 2.27. The summed E-state index contributed by atoms with van der Waals surface area (Å²) in [4.78, 5) is 9.75. The molecule has 0 spiro atoms. The van der Waals surface area contributed by atoms with Gasteiger partial charge in [0.1, 0.15) is 12.4 Å². The normalized spacial score (nSPS) is 18.0. The van der Waals surface area contributed by atoms with E-state index in [-0.39, 0.29) is 0 Å². The van der Waals surface area contributed by atoms with Gasteiger partial charge in [-0.15, -0.1) is 0 Å². The first kappa shape index (κ1) is 22.2. The molecular weight excluding hydrogens is 406 g/mol. The van der Waals surface area contributed by atoms with Gasteiger partial charge in [-0.3, -0.25) is 9.88 Å². The zero-order valence-corrected chi connectivity index (χ0v) is 20.0. The van der Waals surface area contributed by atoms with Gasteiger partial charge in [0.25, 0.3) is 0 Å². The minimum atomic E-state index is 0.732. The van der Waals surface area contributed by atoms with Crippen molar-refractivity contribution >= 4 is 16.6 Å². The fraction of sp³-hybridized carbons (Fsp3) is 0.483. The van der Waals surface area contributed by atoms with Crippen LogP contribution in [-0.2, 0) is 6.42 Å². The fourth-order valence-corrected chi connectivity index (χ4v) is 5.42. The Morgan fingerprint density at radius 2 is 1.73 bits per heavy atom. The second-order valence-electron chi connectivity index (χ2n) is 9.83. The number of rotatable bonds is 7. The molecule has 4 nitrogen and oxygen atoms in total. The van der Waals surface area contributed by atoms with Gasteiger partial charge >= 0.3 is 0 Å². The van der Waals surface area contributed by atoms with E-state index in [0.29, 0.717) is 0 Å². The van der Waals surface area contributed by atoms with Crippen molar-refractivity contribution in [2.75, 3.05) is 44.2 Å². The van der Waals surface area contributed by atoms with Crippen molar-refractivity contribution in [2.24, 2.45) is 5.92 Å². The van der Waals surface area contributed by atoms with Crippen LogP contribution in [0.3, 0.4) is 0 Å². The minimum absolute atomic E-state index is 0.732. The summed E-state index contributed by atoms with van der Waals surface area (Å²) in [7, 11) is 0. The van der Waals surface area contributed by atoms with Crippen LogP contribution in [0, 0.1) is 12.8 Å². The van der Waals surface area contributed by atoms with Crippen LogP contribution < -0.4 is 9.64 Å². The average Bonchev–Trinajstić information content (AvgIpc) is 2.86. The van der Waals surface area contributed by atoms with E-state index in [9.17, 15) is 0 Å². The van der Waals surface area contributed by atoms with E-state index < -0.39 is 0 Å². The lowest BCUT2D eigenvalue weighted by Gasteiger charge is -2.32. The third-order valence-electron chi connectivity index (χ3n) is 7.36. The molecule has 0 bridgehead atoms. The molecule has 5 rings (SSSR count). The summed E-state index contributed by atoms with van der Waals surface area (Å²) in [5, 5.41) is 1.11. The van der Waals surface area contributed by atoms with Gasteiger partial charge in [0, 0.05) is 36.4 Å². The highest BCUT2D eigenvalue weighted by atomic mass is 16.5. The van der Waals surface area contributed by atoms with Gasteiger partial charge in [-0.2, -0.15) is 0 Å². The number of fused-ring (bicyclic) bond motifs is 1. The second kappa shape index (κ2) is 10.6. The standard InChI is InChI=1S/C29H37N3O/c1-23-11-12-27-28(30-23)9-6-10-29(27)33-20-19-31-17-13-24(14-18-31)21-25-7-5-8-26(22-25)32-15-3-2-4-16-32/h5-12,22,24H,2-4,13-21H2,1H3. The first-order valence-corrected chi connectivity index (χ1v) is 12.8. The van der Waals surface area contributed by atoms with Gasteiger partial charge < -0.3 is 9.64 Å². The number of aryl methyl sites for hydroxylation is 1. The van der Waals surface area contributed by atoms with E-state index in [1.807, 2.05) is 13.0 Å². The zero-order valence-electron chi connectivity index (χ0n) is 20.0. The molecule has 4 heteroatoms. The molecule has 0 aliphatic carbocycles. The number of benzene rings is 2. The maximum atomic E-state index is 6.17. The van der Waals surface area contributed by atoms with E-state index in [4.69, 9.17) is 4.74 Å². The Morgan fingerprint density at radius 1 is 0.909 bits per heavy atom. The van der Waals surface area contributed by atoms with Crippen LogP contribution in [-0.4, -0.2) is 49.2 Å². The summed E-state index contributed by atoms with van der Waals surface area (Å²) in [6.45, 7) is 8.55. The molecule has 2 saturated heterocycles. The molecule has 2 fully saturated rings. The number of hydrogen-bond donors (Lipinski definition) is 0. The highest BCUT2D eigenvalue weighted by molar-refractivity contribution is 5.85. The number of hydrogen-bond acceptors (Lipinski definition) is 4. The van der Waals surface area contributed by atoms with Crippen LogP contribution in [0.2, 0.25) is 0 Å². The number of anilines is 1. The topological polar surface area (TPSA) is 28.6 Å². The average molecular weight is 444 g/mol. The van der Waals surface area contributed by atoms with Crippen molar-refractivity contribution in [3.63, 3.8) is 0 Å². The number of aromatic nitrogens is 1. The largest absolute Gasteiger partial charge is 0.492 e. The number of piperidine rings is 2. The Kier molecular flexibility index (Phi) is 7.11. The van der Waals surface area contributed by atoms with Gasteiger partial charge in [-0.05, 0) is 106 Å². The molecule has 3 aromatic rings. The Hall–Kier alpha value is -2.59. The van der Waals surface area contributed by atoms with Crippen molar-refractivity contribution in [3.05, 3.63) is 65.9 Å². The molecule has 2 aliphatic rings. The smallest absolute Gasteiger partial charge is 0.128 e. The summed E-state index contributed by atoms with van der Waals surface area (Å²) >= 11 is 0. The van der Waals surface area contributed by atoms with Crippen LogP contribution in [0.15, 0.2) is 54.6 Å². The van der Waals surface area contributed by atoms with Crippen molar-refractivity contribution in [3.8, 4) is 5.75 Å². The Morgan fingerprint density at radius 3 is 2.58 bits per heavy atom. The molecule has 2 aliphatic heterocycles. The molecular formula is C29H37N3O. The van der Waals surface area contributed by atoms with Crippen LogP contribution in [0.5, 0.6) is 5.75 Å². The molecule has 0 radical (unpaired) electrons. The highest BCUT2D eigenvalue weighted by Gasteiger charge is 2.20. The molecule has 0 atom stereocenters. The molecule has 1 aromatic heterocycles. The SMILES string of the molecule is Cc1ccc2c(OCCN3CCC(Cc4cccc(N5CCCCC5)c4)CC3)cccc2n1. The predicted molar refractivity (Wildman–Crippen MR) is 137 cm³/mol. The summed E-state index contributed by atoms with van der Waals surface area (Å²) in [5.41, 5.74) is 5.00. The van der Waals surface area contributed by atoms with Crippen LogP contribution in [0.4, 0.5) is 5.69 Å². The van der Waals surface area contributed by atoms with E-state index in [1.165, 1.54) is 76.0 Å². The van der Waals surface area contributed by atoms with Crippen LogP contribution in [0.25, 0.3) is 10.9 Å². The minimum Gasteiger partial charge on any atom is -0.492 e. The van der Waals surface area contributed by atoms with E-state index in [0.717, 1.165) is 41.4 Å². The van der Waals surface area contributed by atoms with Gasteiger partial charge in [0.15, 0.2) is 0 Å². The molecule has 174 valence electrons. The molecule has 2 aromatic carbocycles. The van der Waals surface area contributed by atoms with Gasteiger partial charge in [-0.1, -0.05) is 18.2 Å². The lowest BCUT2D eigenvalue weighted by Crippen LogP contribution is -2.37. The van der Waals surface area contributed by atoms with Gasteiger partial charge in [0.2, 0.25) is 0 Å². The summed E-state index contributed by atoms with van der Waals surface area (Å²) < 4.78 is 6.17. The Bertz CT molecular complexity index is 1050. The van der Waals surface area contributed by atoms with Crippen LogP contribution >= 0.6 is 0 Å². The third-order valence-corrected chi connectivity index (χ3v) is 7.36. The maximum Gasteiger partial charge on any atom is 0.128 e. The van der Waals surface area contributed by atoms with E-state index in [1.54, 1.807) is 0 Å². The second-order valence-corrected chi connectivity index (χ2v) is 9.83. The molecule has 3 heterocycles. The summed E-state index contributed by atoms with van der Waals surface area (Å²) in [6, 6.07) is 19.7. The lowest BCUT2D eigenvalue weighted by atomic mass is 9.90. The van der Waals surface area contributed by atoms with Crippen molar-refractivity contribution in [2.45, 2.75) is 45.4 Å². The van der Waals surface area contributed by atoms with Gasteiger partial charge in [-0.25, -0.2) is 0 Å². The van der Waals surface area contributed by atoms with E-state index >= 15 is 0 Å². The van der Waals surface area contributed by atoms with Crippen molar-refractivity contribution in [1.82, 2.24) is 9.88 Å². The summed E-state index contributed by atoms with van der Waals surface area (Å²) in [5.74, 6) is 1.75. The van der Waals surface area contributed by atoms with Crippen molar-refractivity contribution < 1.29 is 4.74 Å². The number of likely N-dealkylation sites (tertiary alicyclic amines) is 1. The fourth-order valence-electron chi connectivity index (χ4n) is 5.42. The predicted octanol–water partition coefficient (Wildman–Crippen LogP) is 5.87. The van der Waals surface area contributed by atoms with E-state index in [2.05, 4.69) is 63.3 Å². The number of pyridine rings is 1. The van der Waals surface area contributed by atoms with Gasteiger partial charge in [0.05, 0.1) is 5.52 Å². The molecule has 33 heavy (non-hydrogen) atoms. The van der Waals surface area contributed by atoms with Crippen LogP contribution in [0.1, 0.15) is 43.4 Å². The number of nitrogens with zero attached hydrogens (tertiary/aromatic N) is 3. The third kappa shape index (κ3) is 5.67. The molecule has 0 unspecified atom stereocenters. The Labute approximate surface area is 198 Å². The van der Waals surface area contributed by atoms with Crippen molar-refractivity contribution in [1.29, 1.82) is 0 Å². The molecule has 0 amide bonds. The first-order chi connectivity index (χ1) is 16.2. The summed E-state index contributed by atoms with van der Waals surface area (Å²) in [6.07, 6.45) is 7.84. The first-order valence-electron chi connectivity index (χ1n) is 12.8. The number of ether oxygens (including phenoxy) is 1. The zero-order chi connectivity index (χ0) is 22.5. The maximum absolute atomic E-state index is 6.17.